The number of aromatic nitrogens is 1. The molecule has 0 bridgehead atoms. The molecule has 7 heteroatoms. The van der Waals surface area contributed by atoms with Gasteiger partial charge in [0.2, 0.25) is 5.91 Å². The first-order chi connectivity index (χ1) is 13.6. The van der Waals surface area contributed by atoms with Crippen molar-refractivity contribution >= 4 is 40.0 Å². The van der Waals surface area contributed by atoms with Crippen LogP contribution in [0, 0.1) is 0 Å². The Hall–Kier alpha value is -2.83. The van der Waals surface area contributed by atoms with E-state index < -0.39 is 6.04 Å². The second-order valence-electron chi connectivity index (χ2n) is 6.70. The van der Waals surface area contributed by atoms with E-state index in [1.807, 2.05) is 24.4 Å². The molecule has 2 amide bonds. The maximum atomic E-state index is 12.8. The molecular formula is C21H20ClN3O3. The highest BCUT2D eigenvalue weighted by Gasteiger charge is 2.40. The molecule has 1 aliphatic rings. The number of nitrogens with one attached hydrogen (secondary N) is 2. The van der Waals surface area contributed by atoms with Crippen molar-refractivity contribution in [3.8, 4) is 5.75 Å². The average molecular weight is 398 g/mol. The predicted molar refractivity (Wildman–Crippen MR) is 109 cm³/mol. The Bertz CT molecular complexity index is 1050. The molecule has 144 valence electrons. The van der Waals surface area contributed by atoms with Crippen LogP contribution in [-0.4, -0.2) is 36.5 Å². The van der Waals surface area contributed by atoms with Crippen LogP contribution in [0.15, 0.2) is 48.7 Å². The molecule has 0 saturated carbocycles. The van der Waals surface area contributed by atoms with E-state index in [0.717, 1.165) is 16.5 Å². The lowest BCUT2D eigenvalue weighted by molar-refractivity contribution is -0.121. The summed E-state index contributed by atoms with van der Waals surface area (Å²) in [6.45, 7) is 0.572. The summed E-state index contributed by atoms with van der Waals surface area (Å²) in [5, 5.41) is 4.97. The summed E-state index contributed by atoms with van der Waals surface area (Å²) in [6.07, 6.45) is 2.80. The zero-order valence-electron chi connectivity index (χ0n) is 15.4. The highest BCUT2D eigenvalue weighted by molar-refractivity contribution is 6.31. The van der Waals surface area contributed by atoms with Crippen molar-refractivity contribution in [2.75, 3.05) is 18.6 Å². The van der Waals surface area contributed by atoms with Crippen molar-refractivity contribution in [2.45, 2.75) is 18.9 Å². The lowest BCUT2D eigenvalue weighted by Crippen LogP contribution is -2.39. The molecule has 1 aliphatic heterocycles. The quantitative estimate of drug-likeness (QED) is 0.626. The van der Waals surface area contributed by atoms with Gasteiger partial charge < -0.3 is 15.0 Å². The van der Waals surface area contributed by atoms with E-state index in [4.69, 9.17) is 16.3 Å². The molecule has 1 fully saturated rings. The largest absolute Gasteiger partial charge is 0.495 e. The van der Waals surface area contributed by atoms with Gasteiger partial charge in [0.1, 0.15) is 5.75 Å². The first-order valence-corrected chi connectivity index (χ1v) is 9.45. The van der Waals surface area contributed by atoms with E-state index in [2.05, 4.69) is 10.3 Å². The first kappa shape index (κ1) is 18.5. The number of H-pyrrole nitrogens is 1. The number of carbonyl (C=O) groups excluding carboxylic acids is 2. The third-order valence-corrected chi connectivity index (χ3v) is 5.22. The molecule has 2 heterocycles. The number of nitrogens with zero attached hydrogens (tertiary/aromatic N) is 1. The smallest absolute Gasteiger partial charge is 0.251 e. The van der Waals surface area contributed by atoms with E-state index in [0.29, 0.717) is 29.4 Å². The maximum Gasteiger partial charge on any atom is 0.251 e. The SMILES string of the molecule is COc1ccccc1N1C(=O)C[C@H](NCCc2c[nH]c3ccc(Cl)cc23)C1=O. The van der Waals surface area contributed by atoms with Gasteiger partial charge >= 0.3 is 0 Å². The molecule has 2 N–H and O–H groups in total. The third-order valence-electron chi connectivity index (χ3n) is 4.99. The van der Waals surface area contributed by atoms with Crippen molar-refractivity contribution in [2.24, 2.45) is 0 Å². The summed E-state index contributed by atoms with van der Waals surface area (Å²) in [4.78, 5) is 29.7. The number of amides is 2. The minimum absolute atomic E-state index is 0.136. The van der Waals surface area contributed by atoms with Crippen molar-refractivity contribution in [1.82, 2.24) is 10.3 Å². The van der Waals surface area contributed by atoms with Gasteiger partial charge in [0.25, 0.3) is 5.91 Å². The summed E-state index contributed by atoms with van der Waals surface area (Å²) in [5.74, 6) is 0.0165. The van der Waals surface area contributed by atoms with Gasteiger partial charge in [-0.15, -0.1) is 0 Å². The molecule has 4 rings (SSSR count). The number of aromatic amines is 1. The van der Waals surface area contributed by atoms with Crippen LogP contribution in [-0.2, 0) is 16.0 Å². The lowest BCUT2D eigenvalue weighted by Gasteiger charge is -2.18. The zero-order valence-corrected chi connectivity index (χ0v) is 16.1. The van der Waals surface area contributed by atoms with E-state index in [-0.39, 0.29) is 18.2 Å². The lowest BCUT2D eigenvalue weighted by atomic mass is 10.1. The van der Waals surface area contributed by atoms with Crippen LogP contribution in [0.3, 0.4) is 0 Å². The first-order valence-electron chi connectivity index (χ1n) is 9.07. The number of imide groups is 1. The van der Waals surface area contributed by atoms with Crippen molar-refractivity contribution < 1.29 is 14.3 Å². The number of carbonyl (C=O) groups is 2. The molecule has 0 unspecified atom stereocenters. The van der Waals surface area contributed by atoms with E-state index >= 15 is 0 Å². The van der Waals surface area contributed by atoms with Crippen LogP contribution in [0.5, 0.6) is 5.75 Å². The van der Waals surface area contributed by atoms with Crippen LogP contribution in [0.4, 0.5) is 5.69 Å². The van der Waals surface area contributed by atoms with Crippen molar-refractivity contribution in [1.29, 1.82) is 0 Å². The minimum Gasteiger partial charge on any atom is -0.495 e. The number of methoxy groups -OCH3 is 1. The van der Waals surface area contributed by atoms with Gasteiger partial charge in [0, 0.05) is 28.7 Å². The highest BCUT2D eigenvalue weighted by atomic mass is 35.5. The summed E-state index contributed by atoms with van der Waals surface area (Å²) in [5.41, 5.74) is 2.62. The fourth-order valence-electron chi connectivity index (χ4n) is 3.60. The monoisotopic (exact) mass is 397 g/mol. The summed E-state index contributed by atoms with van der Waals surface area (Å²) < 4.78 is 5.29. The molecule has 28 heavy (non-hydrogen) atoms. The second-order valence-corrected chi connectivity index (χ2v) is 7.14. The summed E-state index contributed by atoms with van der Waals surface area (Å²) >= 11 is 6.09. The van der Waals surface area contributed by atoms with E-state index in [1.54, 1.807) is 24.3 Å². The fourth-order valence-corrected chi connectivity index (χ4v) is 3.77. The Kier molecular flexibility index (Phi) is 5.07. The van der Waals surface area contributed by atoms with Crippen LogP contribution < -0.4 is 15.0 Å². The van der Waals surface area contributed by atoms with Gasteiger partial charge in [-0.2, -0.15) is 0 Å². The van der Waals surface area contributed by atoms with Crippen LogP contribution >= 0.6 is 11.6 Å². The molecule has 3 aromatic rings. The van der Waals surface area contributed by atoms with Gasteiger partial charge in [-0.3, -0.25) is 9.59 Å². The van der Waals surface area contributed by atoms with Crippen LogP contribution in [0.25, 0.3) is 10.9 Å². The number of benzene rings is 2. The number of ether oxygens (including phenoxy) is 1. The van der Waals surface area contributed by atoms with Gasteiger partial charge in [-0.05, 0) is 42.3 Å². The number of rotatable bonds is 6. The molecular weight excluding hydrogens is 378 g/mol. The van der Waals surface area contributed by atoms with E-state index in [1.165, 1.54) is 12.0 Å². The van der Waals surface area contributed by atoms with Crippen LogP contribution in [0.2, 0.25) is 5.02 Å². The van der Waals surface area contributed by atoms with Crippen LogP contribution in [0.1, 0.15) is 12.0 Å². The minimum atomic E-state index is -0.536. The van der Waals surface area contributed by atoms with Gasteiger partial charge in [-0.25, -0.2) is 4.90 Å². The fraction of sp³-hybridized carbons (Fsp3) is 0.238. The van der Waals surface area contributed by atoms with E-state index in [9.17, 15) is 9.59 Å². The summed E-state index contributed by atoms with van der Waals surface area (Å²) in [7, 11) is 1.52. The number of hydrogen-bond acceptors (Lipinski definition) is 4. The number of halogens is 1. The Balaban J connectivity index is 1.44. The zero-order chi connectivity index (χ0) is 19.7. The number of hydrogen-bond donors (Lipinski definition) is 2. The van der Waals surface area contributed by atoms with Crippen molar-refractivity contribution in [3.63, 3.8) is 0 Å². The number of fused-ring (bicyclic) bond motifs is 1. The number of anilines is 1. The van der Waals surface area contributed by atoms with Gasteiger partial charge in [0.15, 0.2) is 0 Å². The van der Waals surface area contributed by atoms with Gasteiger partial charge in [0.05, 0.1) is 25.3 Å². The standard InChI is InChI=1S/C21H20ClN3O3/c1-28-19-5-3-2-4-18(19)25-20(26)11-17(21(25)27)23-9-8-13-12-24-16-7-6-14(22)10-15(13)16/h2-7,10,12,17,23-24H,8-9,11H2,1H3/t17-/m0/s1. The molecule has 1 aromatic heterocycles. The molecule has 1 saturated heterocycles. The van der Waals surface area contributed by atoms with Gasteiger partial charge in [-0.1, -0.05) is 23.7 Å². The second kappa shape index (κ2) is 7.66. The third kappa shape index (κ3) is 3.37. The molecule has 1 atom stereocenters. The molecule has 6 nitrogen and oxygen atoms in total. The summed E-state index contributed by atoms with van der Waals surface area (Å²) in [6, 6.07) is 12.2. The Morgan fingerprint density at radius 1 is 1.25 bits per heavy atom. The topological polar surface area (TPSA) is 74.4 Å². The highest BCUT2D eigenvalue weighted by Crippen LogP contribution is 2.31. The molecule has 0 aliphatic carbocycles. The molecule has 2 aromatic carbocycles. The maximum absolute atomic E-state index is 12.8. The Morgan fingerprint density at radius 3 is 2.89 bits per heavy atom. The average Bonchev–Trinajstić information content (AvgIpc) is 3.22. The van der Waals surface area contributed by atoms with Crippen molar-refractivity contribution in [3.05, 3.63) is 59.2 Å². The Labute approximate surface area is 167 Å². The number of para-hydroxylation sites is 2. The molecule has 0 spiro atoms. The Morgan fingerprint density at radius 2 is 2.07 bits per heavy atom. The normalized spacial score (nSPS) is 16.9. The predicted octanol–water partition coefficient (Wildman–Crippen LogP) is 3.29. The molecule has 0 radical (unpaired) electrons.